The van der Waals surface area contributed by atoms with Gasteiger partial charge in [0.25, 0.3) is 5.91 Å². The van der Waals surface area contributed by atoms with Crippen LogP contribution in [0.15, 0.2) is 36.0 Å². The zero-order chi connectivity index (χ0) is 18.9. The number of carbonyl (C=O) groups is 2. The topological polar surface area (TPSA) is 85.7 Å². The van der Waals surface area contributed by atoms with Crippen LogP contribution in [-0.4, -0.2) is 61.0 Å². The molecule has 0 unspecified atom stereocenters. The van der Waals surface area contributed by atoms with E-state index >= 15 is 0 Å². The van der Waals surface area contributed by atoms with E-state index in [0.29, 0.717) is 5.69 Å². The number of para-hydroxylation sites is 1. The van der Waals surface area contributed by atoms with Crippen LogP contribution in [-0.2, 0) is 9.53 Å². The Labute approximate surface area is 153 Å². The van der Waals surface area contributed by atoms with Crippen molar-refractivity contribution in [1.29, 1.82) is 5.26 Å². The van der Waals surface area contributed by atoms with Crippen LogP contribution in [0.1, 0.15) is 24.2 Å². The molecule has 0 radical (unpaired) electrons. The van der Waals surface area contributed by atoms with Crippen molar-refractivity contribution in [1.82, 2.24) is 9.80 Å². The molecule has 0 bridgehead atoms. The van der Waals surface area contributed by atoms with Gasteiger partial charge in [0.1, 0.15) is 11.6 Å². The molecule has 0 spiro atoms. The third-order valence-corrected chi connectivity index (χ3v) is 4.20. The van der Waals surface area contributed by atoms with Crippen molar-refractivity contribution >= 4 is 17.6 Å². The van der Waals surface area contributed by atoms with Crippen molar-refractivity contribution in [2.45, 2.75) is 13.8 Å². The number of hydrogen-bond acceptors (Lipinski definition) is 6. The summed E-state index contributed by atoms with van der Waals surface area (Å²) in [6.07, 6.45) is 1.59. The average molecular weight is 356 g/mol. The summed E-state index contributed by atoms with van der Waals surface area (Å²) in [5.41, 5.74) is 0.595. The van der Waals surface area contributed by atoms with Gasteiger partial charge in [0.2, 0.25) is 0 Å². The summed E-state index contributed by atoms with van der Waals surface area (Å²) in [5, 5.41) is 12.0. The first-order valence-corrected chi connectivity index (χ1v) is 8.74. The van der Waals surface area contributed by atoms with Gasteiger partial charge >= 0.3 is 5.97 Å². The number of nitriles is 1. The van der Waals surface area contributed by atoms with Gasteiger partial charge in [-0.05, 0) is 25.6 Å². The maximum absolute atomic E-state index is 12.5. The molecular formula is C19H24N4O3. The van der Waals surface area contributed by atoms with E-state index in [0.717, 1.165) is 32.7 Å². The monoisotopic (exact) mass is 356 g/mol. The van der Waals surface area contributed by atoms with E-state index < -0.39 is 11.9 Å². The van der Waals surface area contributed by atoms with Gasteiger partial charge in [-0.3, -0.25) is 4.79 Å². The maximum Gasteiger partial charge on any atom is 0.340 e. The van der Waals surface area contributed by atoms with Crippen LogP contribution in [0.4, 0.5) is 5.69 Å². The quantitative estimate of drug-likeness (QED) is 0.476. The van der Waals surface area contributed by atoms with Crippen molar-refractivity contribution < 1.29 is 14.3 Å². The van der Waals surface area contributed by atoms with Gasteiger partial charge in [-0.15, -0.1) is 0 Å². The molecule has 0 aliphatic carbocycles. The Hall–Kier alpha value is -2.85. The predicted octanol–water partition coefficient (Wildman–Crippen LogP) is 1.85. The summed E-state index contributed by atoms with van der Waals surface area (Å²) in [7, 11) is 0. The SMILES string of the molecule is CCOC(=O)c1ccccc1NC(=O)/C(C#N)=C\N1CCN(CC)CC1. The summed E-state index contributed by atoms with van der Waals surface area (Å²) >= 11 is 0. The number of anilines is 1. The first-order chi connectivity index (χ1) is 12.6. The lowest BCUT2D eigenvalue weighted by Gasteiger charge is -2.33. The van der Waals surface area contributed by atoms with Crippen LogP contribution in [0.25, 0.3) is 0 Å². The third-order valence-electron chi connectivity index (χ3n) is 4.20. The van der Waals surface area contributed by atoms with Crippen molar-refractivity contribution in [2.24, 2.45) is 0 Å². The highest BCUT2D eigenvalue weighted by Gasteiger charge is 2.18. The van der Waals surface area contributed by atoms with Crippen molar-refractivity contribution in [2.75, 3.05) is 44.6 Å². The van der Waals surface area contributed by atoms with E-state index in [2.05, 4.69) is 17.1 Å². The lowest BCUT2D eigenvalue weighted by molar-refractivity contribution is -0.112. The Kier molecular flexibility index (Phi) is 7.18. The predicted molar refractivity (Wildman–Crippen MR) is 98.4 cm³/mol. The van der Waals surface area contributed by atoms with Crippen molar-refractivity contribution in [3.63, 3.8) is 0 Å². The van der Waals surface area contributed by atoms with Gasteiger partial charge in [-0.1, -0.05) is 19.1 Å². The van der Waals surface area contributed by atoms with E-state index in [-0.39, 0.29) is 17.7 Å². The molecule has 1 saturated heterocycles. The third kappa shape index (κ3) is 5.07. The minimum Gasteiger partial charge on any atom is -0.462 e. The number of rotatable bonds is 6. The Morgan fingerprint density at radius 3 is 2.54 bits per heavy atom. The number of nitrogens with one attached hydrogen (secondary N) is 1. The van der Waals surface area contributed by atoms with Crippen LogP contribution in [0.2, 0.25) is 0 Å². The Bertz CT molecular complexity index is 716. The number of likely N-dealkylation sites (N-methyl/N-ethyl adjacent to an activating group) is 1. The summed E-state index contributed by atoms with van der Waals surface area (Å²) in [5.74, 6) is -1.05. The highest BCUT2D eigenvalue weighted by molar-refractivity contribution is 6.09. The first kappa shape index (κ1) is 19.5. The van der Waals surface area contributed by atoms with Gasteiger partial charge in [0.15, 0.2) is 0 Å². The molecule has 0 atom stereocenters. The van der Waals surface area contributed by atoms with Gasteiger partial charge in [-0.2, -0.15) is 5.26 Å². The van der Waals surface area contributed by atoms with E-state index in [1.54, 1.807) is 37.4 Å². The van der Waals surface area contributed by atoms with Crippen molar-refractivity contribution in [3.05, 3.63) is 41.6 Å². The molecule has 7 nitrogen and oxygen atoms in total. The molecular weight excluding hydrogens is 332 g/mol. The number of hydrogen-bond donors (Lipinski definition) is 1. The van der Waals surface area contributed by atoms with E-state index in [1.807, 2.05) is 11.0 Å². The molecule has 1 aromatic rings. The average Bonchev–Trinajstić information content (AvgIpc) is 2.67. The molecule has 7 heteroatoms. The van der Waals surface area contributed by atoms with Crippen LogP contribution >= 0.6 is 0 Å². The number of ether oxygens (including phenoxy) is 1. The molecule has 1 heterocycles. The lowest BCUT2D eigenvalue weighted by atomic mass is 10.1. The summed E-state index contributed by atoms with van der Waals surface area (Å²) in [6, 6.07) is 8.53. The number of piperazine rings is 1. The minimum atomic E-state index is -0.540. The fourth-order valence-corrected chi connectivity index (χ4v) is 2.70. The van der Waals surface area contributed by atoms with E-state index in [4.69, 9.17) is 4.74 Å². The molecule has 26 heavy (non-hydrogen) atoms. The van der Waals surface area contributed by atoms with Crippen LogP contribution in [0.3, 0.4) is 0 Å². The zero-order valence-electron chi connectivity index (χ0n) is 15.2. The van der Waals surface area contributed by atoms with Crippen LogP contribution in [0, 0.1) is 11.3 Å². The summed E-state index contributed by atoms with van der Waals surface area (Å²) < 4.78 is 5.00. The number of esters is 1. The highest BCUT2D eigenvalue weighted by atomic mass is 16.5. The van der Waals surface area contributed by atoms with Gasteiger partial charge in [-0.25, -0.2) is 4.79 Å². The zero-order valence-corrected chi connectivity index (χ0v) is 15.2. The van der Waals surface area contributed by atoms with E-state index in [9.17, 15) is 14.9 Å². The van der Waals surface area contributed by atoms with Gasteiger partial charge in [0.05, 0.1) is 17.9 Å². The Balaban J connectivity index is 2.10. The number of amides is 1. The second-order valence-electron chi connectivity index (χ2n) is 5.84. The Morgan fingerprint density at radius 2 is 1.92 bits per heavy atom. The first-order valence-electron chi connectivity index (χ1n) is 8.74. The molecule has 1 aliphatic heterocycles. The van der Waals surface area contributed by atoms with Crippen molar-refractivity contribution in [3.8, 4) is 6.07 Å². The number of carbonyl (C=O) groups excluding carboxylic acids is 2. The molecule has 0 aromatic heterocycles. The molecule has 1 N–H and O–H groups in total. The summed E-state index contributed by atoms with van der Waals surface area (Å²) in [4.78, 5) is 28.8. The number of nitrogens with zero attached hydrogens (tertiary/aromatic N) is 3. The van der Waals surface area contributed by atoms with Gasteiger partial charge in [0, 0.05) is 32.4 Å². The maximum atomic E-state index is 12.5. The summed E-state index contributed by atoms with van der Waals surface area (Å²) in [6.45, 7) is 8.41. The van der Waals surface area contributed by atoms with Gasteiger partial charge < -0.3 is 19.9 Å². The fourth-order valence-electron chi connectivity index (χ4n) is 2.70. The smallest absolute Gasteiger partial charge is 0.340 e. The molecule has 138 valence electrons. The minimum absolute atomic E-state index is 0.00797. The highest BCUT2D eigenvalue weighted by Crippen LogP contribution is 2.17. The molecule has 0 saturated carbocycles. The molecule has 1 aliphatic rings. The Morgan fingerprint density at radius 1 is 1.23 bits per heavy atom. The molecule has 1 aromatic carbocycles. The molecule has 1 amide bonds. The van der Waals surface area contributed by atoms with Crippen LogP contribution < -0.4 is 5.32 Å². The lowest BCUT2D eigenvalue weighted by Crippen LogP contribution is -2.44. The fraction of sp³-hybridized carbons (Fsp3) is 0.421. The number of benzene rings is 1. The normalized spacial score (nSPS) is 15.3. The largest absolute Gasteiger partial charge is 0.462 e. The molecule has 1 fully saturated rings. The standard InChI is InChI=1S/C19H24N4O3/c1-3-22-9-11-23(12-10-22)14-15(13-20)18(24)21-17-8-6-5-7-16(17)19(25)26-4-2/h5-8,14H,3-4,9-12H2,1-2H3,(H,21,24)/b15-14-. The second-order valence-corrected chi connectivity index (χ2v) is 5.84. The second kappa shape index (κ2) is 9.59. The van der Waals surface area contributed by atoms with Crippen LogP contribution in [0.5, 0.6) is 0 Å². The van der Waals surface area contributed by atoms with E-state index in [1.165, 1.54) is 0 Å². The molecule has 2 rings (SSSR count).